The molecule has 2 aromatic rings. The maximum Gasteiger partial charge on any atom is 0.272 e. The number of carbonyl (C=O) groups is 2. The number of benzene rings is 1. The lowest BCUT2D eigenvalue weighted by Crippen LogP contribution is -2.36. The Morgan fingerprint density at radius 3 is 2.80 bits per heavy atom. The molecule has 0 saturated heterocycles. The van der Waals surface area contributed by atoms with Crippen LogP contribution in [0, 0.1) is 0 Å². The Morgan fingerprint density at radius 1 is 1.25 bits per heavy atom. The molecular formula is C14H14N4O2. The predicted molar refractivity (Wildman–Crippen MR) is 73.0 cm³/mol. The van der Waals surface area contributed by atoms with Crippen molar-refractivity contribution in [2.45, 2.75) is 6.54 Å². The zero-order chi connectivity index (χ0) is 14.1. The van der Waals surface area contributed by atoms with Crippen LogP contribution in [0.4, 0.5) is 5.69 Å². The van der Waals surface area contributed by atoms with Crippen LogP contribution in [0.25, 0.3) is 0 Å². The van der Waals surface area contributed by atoms with Crippen molar-refractivity contribution in [2.24, 2.45) is 7.05 Å². The highest BCUT2D eigenvalue weighted by atomic mass is 16.2. The highest BCUT2D eigenvalue weighted by molar-refractivity contribution is 5.99. The molecule has 0 aliphatic carbocycles. The van der Waals surface area contributed by atoms with Crippen molar-refractivity contribution in [3.63, 3.8) is 0 Å². The number of nitrogens with zero attached hydrogens (tertiary/aromatic N) is 3. The molecule has 0 saturated carbocycles. The molecule has 1 aliphatic heterocycles. The van der Waals surface area contributed by atoms with Crippen molar-refractivity contribution in [2.75, 3.05) is 11.9 Å². The fourth-order valence-corrected chi connectivity index (χ4v) is 2.29. The average Bonchev–Trinajstić information content (AvgIpc) is 2.77. The maximum atomic E-state index is 12.5. The minimum absolute atomic E-state index is 0.0404. The molecule has 2 amide bonds. The first-order valence-electron chi connectivity index (χ1n) is 6.30. The van der Waals surface area contributed by atoms with Gasteiger partial charge in [0, 0.05) is 25.5 Å². The van der Waals surface area contributed by atoms with E-state index >= 15 is 0 Å². The molecule has 0 atom stereocenters. The zero-order valence-electron chi connectivity index (χ0n) is 11.0. The normalized spacial score (nSPS) is 14.4. The Morgan fingerprint density at radius 2 is 2.05 bits per heavy atom. The molecule has 3 rings (SSSR count). The van der Waals surface area contributed by atoms with Gasteiger partial charge >= 0.3 is 0 Å². The number of fused-ring (bicyclic) bond motifs is 1. The van der Waals surface area contributed by atoms with Crippen molar-refractivity contribution >= 4 is 17.5 Å². The van der Waals surface area contributed by atoms with Crippen molar-refractivity contribution in [3.8, 4) is 0 Å². The van der Waals surface area contributed by atoms with E-state index in [2.05, 4.69) is 10.4 Å². The quantitative estimate of drug-likeness (QED) is 0.841. The number of para-hydroxylation sites is 1. The number of hydrogen-bond acceptors (Lipinski definition) is 3. The number of aromatic nitrogens is 2. The molecule has 1 aliphatic rings. The summed E-state index contributed by atoms with van der Waals surface area (Å²) in [6.07, 6.45) is 1.57. The molecular weight excluding hydrogens is 256 g/mol. The second kappa shape index (κ2) is 4.80. The first kappa shape index (κ1) is 12.4. The molecule has 6 heteroatoms. The Bertz CT molecular complexity index is 677. The minimum Gasteiger partial charge on any atom is -0.324 e. The molecule has 1 N–H and O–H groups in total. The van der Waals surface area contributed by atoms with Gasteiger partial charge in [0.25, 0.3) is 5.91 Å². The fraction of sp³-hybridized carbons (Fsp3) is 0.214. The van der Waals surface area contributed by atoms with E-state index < -0.39 is 0 Å². The molecule has 2 heterocycles. The molecule has 0 fully saturated rings. The molecule has 0 bridgehead atoms. The van der Waals surface area contributed by atoms with E-state index in [-0.39, 0.29) is 18.4 Å². The fourth-order valence-electron chi connectivity index (χ4n) is 2.29. The van der Waals surface area contributed by atoms with E-state index in [1.807, 2.05) is 24.3 Å². The van der Waals surface area contributed by atoms with E-state index in [1.54, 1.807) is 19.3 Å². The summed E-state index contributed by atoms with van der Waals surface area (Å²) < 4.78 is 1.51. The maximum absolute atomic E-state index is 12.5. The second-order valence-corrected chi connectivity index (χ2v) is 4.71. The summed E-state index contributed by atoms with van der Waals surface area (Å²) >= 11 is 0. The van der Waals surface area contributed by atoms with Gasteiger partial charge in [0.15, 0.2) is 0 Å². The third kappa shape index (κ3) is 2.16. The van der Waals surface area contributed by atoms with Gasteiger partial charge in [-0.3, -0.25) is 14.3 Å². The third-order valence-electron chi connectivity index (χ3n) is 3.31. The second-order valence-electron chi connectivity index (χ2n) is 4.71. The number of nitrogens with one attached hydrogen (secondary N) is 1. The van der Waals surface area contributed by atoms with Crippen LogP contribution in [0.1, 0.15) is 16.1 Å². The molecule has 20 heavy (non-hydrogen) atoms. The topological polar surface area (TPSA) is 67.2 Å². The Balaban J connectivity index is 1.93. The number of carbonyl (C=O) groups excluding carboxylic acids is 2. The lowest BCUT2D eigenvalue weighted by molar-refractivity contribution is -0.116. The molecule has 1 aromatic carbocycles. The van der Waals surface area contributed by atoms with Crippen molar-refractivity contribution in [1.29, 1.82) is 0 Å². The molecule has 6 nitrogen and oxygen atoms in total. The van der Waals surface area contributed by atoms with E-state index in [9.17, 15) is 9.59 Å². The standard InChI is InChI=1S/C14H14N4O2/c1-17-12(6-7-15-17)14(20)18-8-10-4-2-3-5-11(10)16-13(19)9-18/h2-7H,8-9H2,1H3,(H,16,19). The molecule has 102 valence electrons. The van der Waals surface area contributed by atoms with Gasteiger partial charge in [-0.15, -0.1) is 0 Å². The number of hydrogen-bond donors (Lipinski definition) is 1. The number of anilines is 1. The molecule has 0 radical (unpaired) electrons. The van der Waals surface area contributed by atoms with Crippen LogP contribution in [0.3, 0.4) is 0 Å². The summed E-state index contributed by atoms with van der Waals surface area (Å²) in [7, 11) is 1.71. The SMILES string of the molecule is Cn1nccc1C(=O)N1CC(=O)Nc2ccccc2C1. The van der Waals surface area contributed by atoms with E-state index in [1.165, 1.54) is 9.58 Å². The Kier molecular flexibility index (Phi) is 2.98. The van der Waals surface area contributed by atoms with E-state index in [0.29, 0.717) is 12.2 Å². The van der Waals surface area contributed by atoms with Crippen LogP contribution in [0.5, 0.6) is 0 Å². The van der Waals surface area contributed by atoms with Crippen molar-refractivity contribution in [1.82, 2.24) is 14.7 Å². The zero-order valence-corrected chi connectivity index (χ0v) is 11.0. The van der Waals surface area contributed by atoms with Crippen LogP contribution >= 0.6 is 0 Å². The van der Waals surface area contributed by atoms with Crippen LogP contribution < -0.4 is 5.32 Å². The van der Waals surface area contributed by atoms with Gasteiger partial charge in [0.2, 0.25) is 5.91 Å². The lowest BCUT2D eigenvalue weighted by atomic mass is 10.1. The smallest absolute Gasteiger partial charge is 0.272 e. The number of amides is 2. The van der Waals surface area contributed by atoms with Gasteiger partial charge in [-0.05, 0) is 17.7 Å². The highest BCUT2D eigenvalue weighted by Crippen LogP contribution is 2.21. The molecule has 1 aromatic heterocycles. The first-order chi connectivity index (χ1) is 9.65. The first-order valence-corrected chi connectivity index (χ1v) is 6.30. The van der Waals surface area contributed by atoms with Crippen molar-refractivity contribution < 1.29 is 9.59 Å². The Labute approximate surface area is 116 Å². The van der Waals surface area contributed by atoms with Gasteiger partial charge < -0.3 is 10.2 Å². The Hall–Kier alpha value is -2.63. The minimum atomic E-state index is -0.197. The summed E-state index contributed by atoms with van der Waals surface area (Å²) in [5, 5.41) is 6.80. The van der Waals surface area contributed by atoms with Crippen LogP contribution in [0.15, 0.2) is 36.5 Å². The summed E-state index contributed by atoms with van der Waals surface area (Å²) in [5.74, 6) is -0.387. The van der Waals surface area contributed by atoms with Gasteiger partial charge in [-0.2, -0.15) is 5.10 Å². The molecule has 0 spiro atoms. The van der Waals surface area contributed by atoms with Gasteiger partial charge in [0.05, 0.1) is 0 Å². The molecule has 0 unspecified atom stereocenters. The summed E-state index contributed by atoms with van der Waals surface area (Å²) in [4.78, 5) is 25.9. The summed E-state index contributed by atoms with van der Waals surface area (Å²) in [6.45, 7) is 0.442. The van der Waals surface area contributed by atoms with E-state index in [4.69, 9.17) is 0 Å². The summed E-state index contributed by atoms with van der Waals surface area (Å²) in [5.41, 5.74) is 2.16. The third-order valence-corrected chi connectivity index (χ3v) is 3.31. The van der Waals surface area contributed by atoms with Crippen LogP contribution in [-0.2, 0) is 18.4 Å². The predicted octanol–water partition coefficient (Wildman–Crippen LogP) is 1.01. The highest BCUT2D eigenvalue weighted by Gasteiger charge is 2.25. The number of aryl methyl sites for hydroxylation is 1. The average molecular weight is 270 g/mol. The van der Waals surface area contributed by atoms with Crippen LogP contribution in [0.2, 0.25) is 0 Å². The summed E-state index contributed by atoms with van der Waals surface area (Å²) in [6, 6.07) is 9.15. The van der Waals surface area contributed by atoms with Gasteiger partial charge in [-0.1, -0.05) is 18.2 Å². The monoisotopic (exact) mass is 270 g/mol. The van der Waals surface area contributed by atoms with Crippen LogP contribution in [-0.4, -0.2) is 33.0 Å². The largest absolute Gasteiger partial charge is 0.324 e. The lowest BCUT2D eigenvalue weighted by Gasteiger charge is -2.19. The van der Waals surface area contributed by atoms with Crippen molar-refractivity contribution in [3.05, 3.63) is 47.8 Å². The van der Waals surface area contributed by atoms with Gasteiger partial charge in [0.1, 0.15) is 12.2 Å². The number of rotatable bonds is 1. The van der Waals surface area contributed by atoms with E-state index in [0.717, 1.165) is 11.3 Å². The van der Waals surface area contributed by atoms with Gasteiger partial charge in [-0.25, -0.2) is 0 Å².